The molecule has 0 aliphatic heterocycles. The molecule has 0 aliphatic carbocycles. The van der Waals surface area contributed by atoms with Crippen molar-refractivity contribution in [3.05, 3.63) is 29.3 Å². The SMILES string of the molecule is Cc1ccc(C(=O)OCC(=O)O)cc1N. The fourth-order valence-corrected chi connectivity index (χ4v) is 0.978. The van der Waals surface area contributed by atoms with Crippen LogP contribution in [0.2, 0.25) is 0 Å². The largest absolute Gasteiger partial charge is 0.479 e. The van der Waals surface area contributed by atoms with E-state index in [1.54, 1.807) is 6.07 Å². The van der Waals surface area contributed by atoms with Gasteiger partial charge in [-0.25, -0.2) is 9.59 Å². The first kappa shape index (κ1) is 11.0. The predicted molar refractivity (Wildman–Crippen MR) is 53.5 cm³/mol. The van der Waals surface area contributed by atoms with Crippen molar-refractivity contribution < 1.29 is 19.4 Å². The van der Waals surface area contributed by atoms with Gasteiger partial charge in [0.2, 0.25) is 0 Å². The quantitative estimate of drug-likeness (QED) is 0.568. The molecule has 1 aromatic rings. The van der Waals surface area contributed by atoms with Gasteiger partial charge in [0, 0.05) is 5.69 Å². The fourth-order valence-electron chi connectivity index (χ4n) is 0.978. The minimum absolute atomic E-state index is 0.249. The second-order valence-corrected chi connectivity index (χ2v) is 3.04. The van der Waals surface area contributed by atoms with Gasteiger partial charge >= 0.3 is 11.9 Å². The van der Waals surface area contributed by atoms with E-state index >= 15 is 0 Å². The Balaban J connectivity index is 2.74. The number of hydrogen-bond acceptors (Lipinski definition) is 4. The molecule has 1 aromatic carbocycles. The lowest BCUT2D eigenvalue weighted by Gasteiger charge is -2.04. The molecule has 3 N–H and O–H groups in total. The van der Waals surface area contributed by atoms with Crippen LogP contribution in [0.4, 0.5) is 5.69 Å². The highest BCUT2D eigenvalue weighted by Crippen LogP contribution is 2.13. The number of esters is 1. The molecule has 0 fully saturated rings. The summed E-state index contributed by atoms with van der Waals surface area (Å²) in [4.78, 5) is 21.4. The van der Waals surface area contributed by atoms with E-state index < -0.39 is 18.5 Å². The van der Waals surface area contributed by atoms with Crippen molar-refractivity contribution in [2.75, 3.05) is 12.3 Å². The molecule has 0 atom stereocenters. The van der Waals surface area contributed by atoms with Crippen molar-refractivity contribution in [3.8, 4) is 0 Å². The van der Waals surface area contributed by atoms with Crippen molar-refractivity contribution in [3.63, 3.8) is 0 Å². The summed E-state index contributed by atoms with van der Waals surface area (Å²) in [6.07, 6.45) is 0. The van der Waals surface area contributed by atoms with Crippen molar-refractivity contribution in [1.82, 2.24) is 0 Å². The Hall–Kier alpha value is -2.04. The molecular weight excluding hydrogens is 198 g/mol. The topological polar surface area (TPSA) is 89.6 Å². The summed E-state index contributed by atoms with van der Waals surface area (Å²) in [7, 11) is 0. The van der Waals surface area contributed by atoms with Crippen LogP contribution in [0.25, 0.3) is 0 Å². The van der Waals surface area contributed by atoms with E-state index in [1.807, 2.05) is 6.92 Å². The third-order valence-corrected chi connectivity index (χ3v) is 1.84. The van der Waals surface area contributed by atoms with Gasteiger partial charge in [0.25, 0.3) is 0 Å². The first-order valence-electron chi connectivity index (χ1n) is 4.25. The van der Waals surface area contributed by atoms with Gasteiger partial charge in [0.15, 0.2) is 6.61 Å². The number of carbonyl (C=O) groups is 2. The standard InChI is InChI=1S/C10H11NO4/c1-6-2-3-7(4-8(6)11)10(14)15-5-9(12)13/h2-4H,5,11H2,1H3,(H,12,13). The summed E-state index contributed by atoms with van der Waals surface area (Å²) in [6, 6.07) is 4.67. The van der Waals surface area contributed by atoms with Crippen LogP contribution in [0, 0.1) is 6.92 Å². The van der Waals surface area contributed by atoms with Crippen LogP contribution in [0.15, 0.2) is 18.2 Å². The van der Waals surface area contributed by atoms with Crippen LogP contribution in [-0.4, -0.2) is 23.7 Å². The maximum Gasteiger partial charge on any atom is 0.341 e. The van der Waals surface area contributed by atoms with Crippen LogP contribution in [0.1, 0.15) is 15.9 Å². The molecule has 1 rings (SSSR count). The van der Waals surface area contributed by atoms with Crippen molar-refractivity contribution in [2.24, 2.45) is 0 Å². The van der Waals surface area contributed by atoms with E-state index in [0.29, 0.717) is 5.69 Å². The molecule has 5 heteroatoms. The Labute approximate surface area is 86.5 Å². The van der Waals surface area contributed by atoms with Gasteiger partial charge in [-0.15, -0.1) is 0 Å². The third kappa shape index (κ3) is 2.98. The smallest absolute Gasteiger partial charge is 0.341 e. The molecule has 0 radical (unpaired) electrons. The zero-order chi connectivity index (χ0) is 11.4. The number of hydrogen-bond donors (Lipinski definition) is 2. The number of benzene rings is 1. The molecule has 5 nitrogen and oxygen atoms in total. The average molecular weight is 209 g/mol. The van der Waals surface area contributed by atoms with Crippen LogP contribution in [0.5, 0.6) is 0 Å². The van der Waals surface area contributed by atoms with Gasteiger partial charge in [-0.3, -0.25) is 0 Å². The molecule has 0 heterocycles. The number of aryl methyl sites for hydroxylation is 1. The van der Waals surface area contributed by atoms with E-state index in [1.165, 1.54) is 12.1 Å². The number of rotatable bonds is 3. The molecule has 15 heavy (non-hydrogen) atoms. The maximum atomic E-state index is 11.3. The van der Waals surface area contributed by atoms with Crippen molar-refractivity contribution in [2.45, 2.75) is 6.92 Å². The predicted octanol–water partition coefficient (Wildman–Crippen LogP) is 0.819. The monoisotopic (exact) mass is 209 g/mol. The molecule has 80 valence electrons. The van der Waals surface area contributed by atoms with Gasteiger partial charge in [-0.2, -0.15) is 0 Å². The Bertz CT molecular complexity index is 400. The summed E-state index contributed by atoms with van der Waals surface area (Å²) in [5, 5.41) is 8.31. The van der Waals surface area contributed by atoms with Crippen LogP contribution >= 0.6 is 0 Å². The number of carboxylic acid groups (broad SMARTS) is 1. The summed E-state index contributed by atoms with van der Waals surface area (Å²) < 4.78 is 4.49. The molecule has 0 amide bonds. The lowest BCUT2D eigenvalue weighted by molar-refractivity contribution is -0.140. The first-order chi connectivity index (χ1) is 7.00. The molecule has 0 spiro atoms. The zero-order valence-corrected chi connectivity index (χ0v) is 8.19. The van der Waals surface area contributed by atoms with Gasteiger partial charge in [0.1, 0.15) is 0 Å². The Morgan fingerprint density at radius 2 is 2.13 bits per heavy atom. The van der Waals surface area contributed by atoms with E-state index in [2.05, 4.69) is 4.74 Å². The summed E-state index contributed by atoms with van der Waals surface area (Å²) >= 11 is 0. The molecular formula is C10H11NO4. The summed E-state index contributed by atoms with van der Waals surface area (Å²) in [6.45, 7) is 1.16. The van der Waals surface area contributed by atoms with E-state index in [9.17, 15) is 9.59 Å². The zero-order valence-electron chi connectivity index (χ0n) is 8.19. The van der Waals surface area contributed by atoms with Crippen molar-refractivity contribution in [1.29, 1.82) is 0 Å². The van der Waals surface area contributed by atoms with Crippen LogP contribution in [0.3, 0.4) is 0 Å². The minimum atomic E-state index is -1.19. The number of nitrogen functional groups attached to an aromatic ring is 1. The lowest BCUT2D eigenvalue weighted by Crippen LogP contribution is -2.13. The van der Waals surface area contributed by atoms with E-state index in [-0.39, 0.29) is 5.56 Å². The number of ether oxygens (including phenoxy) is 1. The summed E-state index contributed by atoms with van der Waals surface area (Å²) in [5.41, 5.74) is 7.16. The Morgan fingerprint density at radius 3 is 2.67 bits per heavy atom. The second kappa shape index (κ2) is 4.45. The van der Waals surface area contributed by atoms with Gasteiger partial charge in [-0.05, 0) is 24.6 Å². The maximum absolute atomic E-state index is 11.3. The van der Waals surface area contributed by atoms with Crippen LogP contribution < -0.4 is 5.73 Å². The molecule has 0 aliphatic rings. The summed E-state index contributed by atoms with van der Waals surface area (Å²) in [5.74, 6) is -1.88. The van der Waals surface area contributed by atoms with Gasteiger partial charge in [-0.1, -0.05) is 6.07 Å². The number of nitrogens with two attached hydrogens (primary N) is 1. The second-order valence-electron chi connectivity index (χ2n) is 3.04. The van der Waals surface area contributed by atoms with Gasteiger partial charge in [0.05, 0.1) is 5.56 Å². The van der Waals surface area contributed by atoms with Crippen molar-refractivity contribution >= 4 is 17.6 Å². The van der Waals surface area contributed by atoms with E-state index in [0.717, 1.165) is 5.56 Å². The number of aliphatic carboxylic acids is 1. The van der Waals surface area contributed by atoms with Gasteiger partial charge < -0.3 is 15.6 Å². The minimum Gasteiger partial charge on any atom is -0.479 e. The Kier molecular flexibility index (Phi) is 3.28. The molecule has 0 saturated heterocycles. The molecule has 0 unspecified atom stereocenters. The first-order valence-corrected chi connectivity index (χ1v) is 4.25. The number of carboxylic acids is 1. The molecule has 0 saturated carbocycles. The highest BCUT2D eigenvalue weighted by atomic mass is 16.5. The molecule has 0 bridgehead atoms. The molecule has 0 aromatic heterocycles. The van der Waals surface area contributed by atoms with E-state index in [4.69, 9.17) is 10.8 Å². The van der Waals surface area contributed by atoms with Crippen LogP contribution in [-0.2, 0) is 9.53 Å². The highest BCUT2D eigenvalue weighted by molar-refractivity contribution is 5.91. The normalized spacial score (nSPS) is 9.67. The Morgan fingerprint density at radius 1 is 1.47 bits per heavy atom. The average Bonchev–Trinajstić information content (AvgIpc) is 2.18. The fraction of sp³-hybridized carbons (Fsp3) is 0.200. The third-order valence-electron chi connectivity index (χ3n) is 1.84. The lowest BCUT2D eigenvalue weighted by atomic mass is 10.1. The number of carbonyl (C=O) groups excluding carboxylic acids is 1. The highest BCUT2D eigenvalue weighted by Gasteiger charge is 2.09. The number of anilines is 1.